The molecule has 0 spiro atoms. The number of nitrogens with two attached hydrogens (primary N) is 1. The quantitative estimate of drug-likeness (QED) is 0.617. The molecule has 5 nitrogen and oxygen atoms in total. The Morgan fingerprint density at radius 2 is 1.89 bits per heavy atom. The molecule has 1 aromatic carbocycles. The number of fused-ring (bicyclic) bond motifs is 1. The van der Waals surface area contributed by atoms with Crippen LogP contribution in [0.25, 0.3) is 10.2 Å². The molecule has 3 aromatic rings. The van der Waals surface area contributed by atoms with Gasteiger partial charge in [0.15, 0.2) is 0 Å². The predicted molar refractivity (Wildman–Crippen MR) is 104 cm³/mol. The summed E-state index contributed by atoms with van der Waals surface area (Å²) < 4.78 is 45.6. The third kappa shape index (κ3) is 4.04. The maximum Gasteiger partial charge on any atom is 0.417 e. The number of hydrogen-bond donors (Lipinski definition) is 2. The second-order valence-corrected chi connectivity index (χ2v) is 7.48. The molecule has 0 aliphatic rings. The van der Waals surface area contributed by atoms with E-state index in [0.717, 1.165) is 17.4 Å². The van der Waals surface area contributed by atoms with Crippen molar-refractivity contribution in [2.24, 2.45) is 0 Å². The highest BCUT2D eigenvalue weighted by molar-refractivity contribution is 7.21. The zero-order valence-electron chi connectivity index (χ0n) is 15.3. The van der Waals surface area contributed by atoms with Crippen molar-refractivity contribution in [2.45, 2.75) is 33.1 Å². The van der Waals surface area contributed by atoms with Crippen molar-refractivity contribution in [1.82, 2.24) is 4.98 Å². The van der Waals surface area contributed by atoms with E-state index < -0.39 is 17.6 Å². The number of nitrogens with one attached hydrogen (secondary N) is 1. The van der Waals surface area contributed by atoms with E-state index in [1.165, 1.54) is 6.92 Å². The number of halogens is 3. The first kappa shape index (κ1) is 19.9. The number of pyridine rings is 1. The molecule has 0 aliphatic heterocycles. The fraction of sp³-hybridized carbons (Fsp3) is 0.263. The van der Waals surface area contributed by atoms with Gasteiger partial charge in [0.05, 0.1) is 17.4 Å². The van der Waals surface area contributed by atoms with Gasteiger partial charge in [-0.1, -0.05) is 0 Å². The third-order valence-electron chi connectivity index (χ3n) is 3.82. The SMILES string of the molecule is Cc1cc(C(F)(F)F)c2c(N)c(C(=O)Nc3ccc(OC(C)C)cc3)sc2n1. The van der Waals surface area contributed by atoms with Crippen LogP contribution in [-0.4, -0.2) is 17.0 Å². The summed E-state index contributed by atoms with van der Waals surface area (Å²) in [5.74, 6) is 0.0488. The summed E-state index contributed by atoms with van der Waals surface area (Å²) in [6.45, 7) is 5.25. The van der Waals surface area contributed by atoms with Crippen LogP contribution < -0.4 is 15.8 Å². The fourth-order valence-electron chi connectivity index (χ4n) is 2.71. The highest BCUT2D eigenvalue weighted by Crippen LogP contribution is 2.42. The largest absolute Gasteiger partial charge is 0.491 e. The van der Waals surface area contributed by atoms with Crippen molar-refractivity contribution in [3.05, 3.63) is 46.5 Å². The summed E-state index contributed by atoms with van der Waals surface area (Å²) in [6.07, 6.45) is -4.58. The van der Waals surface area contributed by atoms with Crippen LogP contribution in [0.1, 0.15) is 34.8 Å². The highest BCUT2D eigenvalue weighted by atomic mass is 32.1. The lowest BCUT2D eigenvalue weighted by Gasteiger charge is -2.11. The second-order valence-electron chi connectivity index (χ2n) is 6.48. The monoisotopic (exact) mass is 409 g/mol. The second kappa shape index (κ2) is 7.31. The molecular formula is C19H18F3N3O2S. The molecule has 0 fully saturated rings. The van der Waals surface area contributed by atoms with E-state index in [-0.39, 0.29) is 32.6 Å². The van der Waals surface area contributed by atoms with E-state index in [1.807, 2.05) is 13.8 Å². The number of benzene rings is 1. The summed E-state index contributed by atoms with van der Waals surface area (Å²) in [5.41, 5.74) is 5.47. The Kier molecular flexibility index (Phi) is 5.20. The molecule has 3 N–H and O–H groups in total. The number of aryl methyl sites for hydroxylation is 1. The van der Waals surface area contributed by atoms with Gasteiger partial charge in [-0.05, 0) is 51.1 Å². The first-order valence-electron chi connectivity index (χ1n) is 8.41. The van der Waals surface area contributed by atoms with Gasteiger partial charge < -0.3 is 15.8 Å². The summed E-state index contributed by atoms with van der Waals surface area (Å²) in [4.78, 5) is 16.8. The summed E-state index contributed by atoms with van der Waals surface area (Å²) in [7, 11) is 0. The zero-order chi connectivity index (χ0) is 20.6. The Labute approximate surface area is 163 Å². The molecular weight excluding hydrogens is 391 g/mol. The van der Waals surface area contributed by atoms with Crippen molar-refractivity contribution in [1.29, 1.82) is 0 Å². The molecule has 3 rings (SSSR count). The van der Waals surface area contributed by atoms with Crippen LogP contribution in [0.2, 0.25) is 0 Å². The van der Waals surface area contributed by atoms with Crippen LogP contribution in [0, 0.1) is 6.92 Å². The van der Waals surface area contributed by atoms with E-state index >= 15 is 0 Å². The molecule has 0 radical (unpaired) electrons. The number of anilines is 2. The number of rotatable bonds is 4. The molecule has 0 aliphatic carbocycles. The van der Waals surface area contributed by atoms with Gasteiger partial charge in [-0.2, -0.15) is 13.2 Å². The Bertz CT molecular complexity index is 1030. The van der Waals surface area contributed by atoms with Gasteiger partial charge in [-0.3, -0.25) is 4.79 Å². The summed E-state index contributed by atoms with van der Waals surface area (Å²) in [6, 6.07) is 7.60. The molecule has 2 heterocycles. The van der Waals surface area contributed by atoms with E-state index in [9.17, 15) is 18.0 Å². The number of thiophene rings is 1. The van der Waals surface area contributed by atoms with E-state index in [4.69, 9.17) is 10.5 Å². The van der Waals surface area contributed by atoms with Crippen molar-refractivity contribution in [3.63, 3.8) is 0 Å². The topological polar surface area (TPSA) is 77.2 Å². The average Bonchev–Trinajstić information content (AvgIpc) is 2.91. The molecule has 0 atom stereocenters. The van der Waals surface area contributed by atoms with Crippen molar-refractivity contribution in [2.75, 3.05) is 11.1 Å². The van der Waals surface area contributed by atoms with Crippen LogP contribution in [0.5, 0.6) is 5.75 Å². The van der Waals surface area contributed by atoms with Crippen LogP contribution in [-0.2, 0) is 6.18 Å². The molecule has 0 bridgehead atoms. The molecule has 148 valence electrons. The molecule has 9 heteroatoms. The minimum absolute atomic E-state index is 0.0116. The maximum absolute atomic E-state index is 13.4. The van der Waals surface area contributed by atoms with Gasteiger partial charge in [-0.15, -0.1) is 11.3 Å². The summed E-state index contributed by atoms with van der Waals surface area (Å²) in [5, 5.41) is 2.40. The van der Waals surface area contributed by atoms with Crippen LogP contribution in [0.4, 0.5) is 24.5 Å². The summed E-state index contributed by atoms with van der Waals surface area (Å²) >= 11 is 0.834. The van der Waals surface area contributed by atoms with Gasteiger partial charge >= 0.3 is 6.18 Å². The molecule has 0 saturated carbocycles. The van der Waals surface area contributed by atoms with Gasteiger partial charge in [0, 0.05) is 16.8 Å². The number of ether oxygens (including phenoxy) is 1. The van der Waals surface area contributed by atoms with E-state index in [1.54, 1.807) is 24.3 Å². The van der Waals surface area contributed by atoms with Crippen LogP contribution in [0.15, 0.2) is 30.3 Å². The smallest absolute Gasteiger partial charge is 0.417 e. The first-order valence-corrected chi connectivity index (χ1v) is 9.22. The normalized spacial score (nSPS) is 11.8. The van der Waals surface area contributed by atoms with Crippen LogP contribution >= 0.6 is 11.3 Å². The number of carbonyl (C=O) groups excluding carboxylic acids is 1. The Morgan fingerprint density at radius 1 is 1.25 bits per heavy atom. The zero-order valence-corrected chi connectivity index (χ0v) is 16.2. The molecule has 0 saturated heterocycles. The number of alkyl halides is 3. The lowest BCUT2D eigenvalue weighted by atomic mass is 10.1. The number of carbonyl (C=O) groups is 1. The van der Waals surface area contributed by atoms with Crippen molar-refractivity contribution < 1.29 is 22.7 Å². The molecule has 1 amide bonds. The predicted octanol–water partition coefficient (Wildman–Crippen LogP) is 5.25. The standard InChI is InChI=1S/C19H18F3N3O2S/c1-9(2)27-12-6-4-11(5-7-12)25-17(26)16-15(23)14-13(19(20,21)22)8-10(3)24-18(14)28-16/h4-9H,23H2,1-3H3,(H,25,26). The molecule has 28 heavy (non-hydrogen) atoms. The molecule has 0 unspecified atom stereocenters. The van der Waals surface area contributed by atoms with Gasteiger partial charge in [-0.25, -0.2) is 4.98 Å². The maximum atomic E-state index is 13.4. The lowest BCUT2D eigenvalue weighted by Crippen LogP contribution is -2.12. The third-order valence-corrected chi connectivity index (χ3v) is 4.92. The van der Waals surface area contributed by atoms with Crippen LogP contribution in [0.3, 0.4) is 0 Å². The lowest BCUT2D eigenvalue weighted by molar-refractivity contribution is -0.136. The number of aromatic nitrogens is 1. The van der Waals surface area contributed by atoms with E-state index in [2.05, 4.69) is 10.3 Å². The first-order chi connectivity index (χ1) is 13.1. The number of nitrogens with zero attached hydrogens (tertiary/aromatic N) is 1. The van der Waals surface area contributed by atoms with Gasteiger partial charge in [0.25, 0.3) is 5.91 Å². The Balaban J connectivity index is 1.93. The average molecular weight is 409 g/mol. The van der Waals surface area contributed by atoms with Gasteiger partial charge in [0.1, 0.15) is 15.5 Å². The highest BCUT2D eigenvalue weighted by Gasteiger charge is 2.35. The minimum Gasteiger partial charge on any atom is -0.491 e. The van der Waals surface area contributed by atoms with Crippen molar-refractivity contribution >= 4 is 38.8 Å². The molecule has 2 aromatic heterocycles. The van der Waals surface area contributed by atoms with Gasteiger partial charge in [0.2, 0.25) is 0 Å². The number of nitrogen functional groups attached to an aromatic ring is 1. The fourth-order valence-corrected chi connectivity index (χ4v) is 3.77. The Morgan fingerprint density at radius 3 is 2.46 bits per heavy atom. The Hall–Kier alpha value is -2.81. The minimum atomic E-state index is -4.60. The van der Waals surface area contributed by atoms with E-state index in [0.29, 0.717) is 11.4 Å². The van der Waals surface area contributed by atoms with Crippen molar-refractivity contribution in [3.8, 4) is 5.75 Å². The number of hydrogen-bond acceptors (Lipinski definition) is 5. The number of amides is 1.